The summed E-state index contributed by atoms with van der Waals surface area (Å²) in [6.07, 6.45) is 0. The molecule has 1 amide bonds. The summed E-state index contributed by atoms with van der Waals surface area (Å²) in [6.45, 7) is 2.42. The largest absolute Gasteiger partial charge is 0.489 e. The minimum atomic E-state index is -0.226. The van der Waals surface area contributed by atoms with Gasteiger partial charge in [0.15, 0.2) is 6.61 Å². The van der Waals surface area contributed by atoms with Crippen molar-refractivity contribution in [2.75, 3.05) is 11.6 Å². The second-order valence-corrected chi connectivity index (χ2v) is 6.54. The van der Waals surface area contributed by atoms with Crippen molar-refractivity contribution in [1.29, 1.82) is 0 Å². The van der Waals surface area contributed by atoms with Crippen molar-refractivity contribution in [3.63, 3.8) is 0 Å². The van der Waals surface area contributed by atoms with Gasteiger partial charge in [0.25, 0.3) is 5.91 Å². The highest BCUT2D eigenvalue weighted by atomic mass is 16.5. The molecular weight excluding hydrogens is 352 g/mol. The van der Waals surface area contributed by atoms with Crippen molar-refractivity contribution in [1.82, 2.24) is 0 Å². The molecule has 4 rings (SSSR count). The molecule has 0 fully saturated rings. The van der Waals surface area contributed by atoms with Gasteiger partial charge in [0, 0.05) is 11.6 Å². The average Bonchev–Trinajstić information content (AvgIpc) is 2.74. The van der Waals surface area contributed by atoms with E-state index in [4.69, 9.17) is 9.47 Å². The lowest BCUT2D eigenvalue weighted by Gasteiger charge is -2.24. The Bertz CT molecular complexity index is 998. The number of carbonyl (C=O) groups excluding carboxylic acids is 1. The number of hydrazone groups is 1. The molecule has 1 aliphatic heterocycles. The maximum atomic E-state index is 12.4. The van der Waals surface area contributed by atoms with Crippen molar-refractivity contribution < 1.29 is 14.3 Å². The molecule has 0 saturated heterocycles. The van der Waals surface area contributed by atoms with Gasteiger partial charge in [-0.1, -0.05) is 54.1 Å². The molecule has 0 saturated carbocycles. The summed E-state index contributed by atoms with van der Waals surface area (Å²) in [5.41, 5.74) is 3.70. The number of ether oxygens (including phenoxy) is 2. The summed E-state index contributed by atoms with van der Waals surface area (Å²) in [4.78, 5) is 12.4. The van der Waals surface area contributed by atoms with Crippen LogP contribution in [0.25, 0.3) is 0 Å². The fourth-order valence-electron chi connectivity index (χ4n) is 2.85. The molecule has 0 aliphatic carbocycles. The number of hydrogen-bond acceptors (Lipinski definition) is 4. The predicted molar refractivity (Wildman–Crippen MR) is 108 cm³/mol. The van der Waals surface area contributed by atoms with E-state index >= 15 is 0 Å². The quantitative estimate of drug-likeness (QED) is 0.671. The van der Waals surface area contributed by atoms with Gasteiger partial charge < -0.3 is 9.47 Å². The minimum Gasteiger partial charge on any atom is -0.489 e. The number of benzene rings is 3. The Morgan fingerprint density at radius 2 is 1.79 bits per heavy atom. The summed E-state index contributed by atoms with van der Waals surface area (Å²) in [6, 6.07) is 25.1. The lowest BCUT2D eigenvalue weighted by Crippen LogP contribution is -2.36. The zero-order chi connectivity index (χ0) is 19.3. The van der Waals surface area contributed by atoms with Crippen LogP contribution < -0.4 is 9.75 Å². The van der Waals surface area contributed by atoms with Gasteiger partial charge in [-0.2, -0.15) is 5.01 Å². The van der Waals surface area contributed by atoms with Gasteiger partial charge in [0.05, 0.1) is 5.69 Å². The van der Waals surface area contributed by atoms with E-state index in [-0.39, 0.29) is 12.5 Å². The second kappa shape index (κ2) is 7.96. The molecule has 5 heteroatoms. The van der Waals surface area contributed by atoms with E-state index in [1.807, 2.05) is 85.8 Å². The van der Waals surface area contributed by atoms with Gasteiger partial charge in [0.2, 0.25) is 5.90 Å². The maximum absolute atomic E-state index is 12.4. The van der Waals surface area contributed by atoms with Gasteiger partial charge >= 0.3 is 0 Å². The summed E-state index contributed by atoms with van der Waals surface area (Å²) in [5.74, 6) is 0.874. The first kappa shape index (κ1) is 17.8. The lowest BCUT2D eigenvalue weighted by atomic mass is 10.1. The fourth-order valence-corrected chi connectivity index (χ4v) is 2.85. The van der Waals surface area contributed by atoms with Crippen molar-refractivity contribution in [3.8, 4) is 5.75 Å². The predicted octanol–water partition coefficient (Wildman–Crippen LogP) is 4.30. The van der Waals surface area contributed by atoms with E-state index in [1.165, 1.54) is 5.01 Å². The standard InChI is InChI=1S/C23H20N2O3/c1-17-10-12-19(13-11-17)23-24-25(22(26)16-28-23)20-8-5-9-21(14-20)27-15-18-6-3-2-4-7-18/h2-14H,15-16H2,1H3. The Hall–Kier alpha value is -3.60. The number of rotatable bonds is 5. The highest BCUT2D eigenvalue weighted by Gasteiger charge is 2.24. The van der Waals surface area contributed by atoms with E-state index in [1.54, 1.807) is 0 Å². The van der Waals surface area contributed by atoms with Gasteiger partial charge in [-0.15, -0.1) is 5.10 Å². The van der Waals surface area contributed by atoms with Crippen LogP contribution in [0.5, 0.6) is 5.75 Å². The van der Waals surface area contributed by atoms with Crippen LogP contribution in [-0.2, 0) is 16.1 Å². The number of aryl methyl sites for hydroxylation is 1. The van der Waals surface area contributed by atoms with E-state index in [0.29, 0.717) is 23.9 Å². The minimum absolute atomic E-state index is 0.0538. The third-order valence-electron chi connectivity index (χ3n) is 4.37. The van der Waals surface area contributed by atoms with E-state index in [2.05, 4.69) is 5.10 Å². The Balaban J connectivity index is 1.55. The molecular formula is C23H20N2O3. The molecule has 5 nitrogen and oxygen atoms in total. The maximum Gasteiger partial charge on any atom is 0.285 e. The molecule has 0 spiro atoms. The van der Waals surface area contributed by atoms with E-state index in [9.17, 15) is 4.79 Å². The van der Waals surface area contributed by atoms with Crippen molar-refractivity contribution in [2.45, 2.75) is 13.5 Å². The zero-order valence-electron chi connectivity index (χ0n) is 15.5. The van der Waals surface area contributed by atoms with Crippen LogP contribution in [0, 0.1) is 6.92 Å². The van der Waals surface area contributed by atoms with Gasteiger partial charge in [0.1, 0.15) is 12.4 Å². The van der Waals surface area contributed by atoms with Crippen molar-refractivity contribution >= 4 is 17.5 Å². The molecule has 0 atom stereocenters. The molecule has 1 aliphatic rings. The first-order valence-electron chi connectivity index (χ1n) is 9.07. The van der Waals surface area contributed by atoms with Crippen LogP contribution in [0.4, 0.5) is 5.69 Å². The zero-order valence-corrected chi connectivity index (χ0v) is 15.5. The Morgan fingerprint density at radius 1 is 1.00 bits per heavy atom. The molecule has 28 heavy (non-hydrogen) atoms. The van der Waals surface area contributed by atoms with Crippen LogP contribution in [-0.4, -0.2) is 18.4 Å². The van der Waals surface area contributed by atoms with Crippen LogP contribution in [0.1, 0.15) is 16.7 Å². The first-order chi connectivity index (χ1) is 13.7. The molecule has 3 aromatic rings. The third kappa shape index (κ3) is 4.04. The molecule has 0 radical (unpaired) electrons. The highest BCUT2D eigenvalue weighted by molar-refractivity contribution is 6.04. The topological polar surface area (TPSA) is 51.1 Å². The van der Waals surface area contributed by atoms with E-state index < -0.39 is 0 Å². The van der Waals surface area contributed by atoms with Crippen LogP contribution >= 0.6 is 0 Å². The summed E-state index contributed by atoms with van der Waals surface area (Å²) < 4.78 is 11.4. The van der Waals surface area contributed by atoms with Gasteiger partial charge in [-0.05, 0) is 36.8 Å². The highest BCUT2D eigenvalue weighted by Crippen LogP contribution is 2.25. The molecule has 0 aromatic heterocycles. The summed E-state index contributed by atoms with van der Waals surface area (Å²) in [5, 5.41) is 5.78. The number of carbonyl (C=O) groups is 1. The molecule has 3 aromatic carbocycles. The smallest absolute Gasteiger partial charge is 0.285 e. The van der Waals surface area contributed by atoms with Crippen molar-refractivity contribution in [2.24, 2.45) is 5.10 Å². The van der Waals surface area contributed by atoms with E-state index in [0.717, 1.165) is 16.7 Å². The summed E-state index contributed by atoms with van der Waals surface area (Å²) >= 11 is 0. The molecule has 1 heterocycles. The number of nitrogens with zero attached hydrogens (tertiary/aromatic N) is 2. The van der Waals surface area contributed by atoms with Crippen LogP contribution in [0.2, 0.25) is 0 Å². The Morgan fingerprint density at radius 3 is 2.57 bits per heavy atom. The van der Waals surface area contributed by atoms with Crippen LogP contribution in [0.15, 0.2) is 84.0 Å². The molecule has 0 bridgehead atoms. The number of hydrogen-bond donors (Lipinski definition) is 0. The van der Waals surface area contributed by atoms with Gasteiger partial charge in [-0.25, -0.2) is 0 Å². The molecule has 140 valence electrons. The number of anilines is 1. The normalized spacial score (nSPS) is 13.7. The summed E-state index contributed by atoms with van der Waals surface area (Å²) in [7, 11) is 0. The lowest BCUT2D eigenvalue weighted by molar-refractivity contribution is -0.121. The average molecular weight is 372 g/mol. The molecule has 0 unspecified atom stereocenters. The fraction of sp³-hybridized carbons (Fsp3) is 0.130. The number of amides is 1. The Kier molecular flexibility index (Phi) is 5.06. The molecule has 0 N–H and O–H groups in total. The van der Waals surface area contributed by atoms with Crippen molar-refractivity contribution in [3.05, 3.63) is 95.6 Å². The Labute approximate surface area is 163 Å². The van der Waals surface area contributed by atoms with Gasteiger partial charge in [-0.3, -0.25) is 4.79 Å². The first-order valence-corrected chi connectivity index (χ1v) is 9.07. The third-order valence-corrected chi connectivity index (χ3v) is 4.37. The second-order valence-electron chi connectivity index (χ2n) is 6.54. The SMILES string of the molecule is Cc1ccc(C2=NN(c3cccc(OCc4ccccc4)c3)C(=O)CO2)cc1. The van der Waals surface area contributed by atoms with Crippen LogP contribution in [0.3, 0.4) is 0 Å². The monoisotopic (exact) mass is 372 g/mol.